The number of benzene rings is 3. The van der Waals surface area contributed by atoms with Gasteiger partial charge in [0, 0.05) is 60.5 Å². The molecule has 3 aromatic carbocycles. The van der Waals surface area contributed by atoms with Gasteiger partial charge in [0.15, 0.2) is 5.82 Å². The Morgan fingerprint density at radius 3 is 1.75 bits per heavy atom. The molecule has 7 rings (SSSR count). The number of carboxylic acids is 3. The topological polar surface area (TPSA) is 314 Å². The van der Waals surface area contributed by atoms with Crippen LogP contribution in [0.25, 0.3) is 33.1 Å². The molecule has 0 radical (unpaired) electrons. The monoisotopic (exact) mass is 982 g/mol. The number of amides is 2. The number of quaternary nitrogens is 1. The second kappa shape index (κ2) is 23.7. The number of halogens is 1. The molecule has 6 aromatic rings. The first-order valence-electron chi connectivity index (χ1n) is 21.3. The maximum atomic E-state index is 11.8. The molecule has 24 heteroatoms. The van der Waals surface area contributed by atoms with Crippen molar-refractivity contribution in [2.75, 3.05) is 48.1 Å². The maximum absolute atomic E-state index is 11.8. The van der Waals surface area contributed by atoms with Crippen molar-refractivity contribution in [1.29, 1.82) is 0 Å². The number of carboxylic acid groups (broad SMARTS) is 3. The van der Waals surface area contributed by atoms with Crippen LogP contribution in [0.1, 0.15) is 98.2 Å². The zero-order valence-corrected chi connectivity index (χ0v) is 40.0. The van der Waals surface area contributed by atoms with Gasteiger partial charge in [0.2, 0.25) is 11.6 Å². The lowest BCUT2D eigenvalue weighted by Gasteiger charge is -2.28. The normalized spacial score (nSPS) is 12.3. The Bertz CT molecular complexity index is 2820. The highest BCUT2D eigenvalue weighted by atomic mass is 35.5. The van der Waals surface area contributed by atoms with Crippen LogP contribution in [0.4, 0.5) is 4.79 Å². The zero-order chi connectivity index (χ0) is 49.9. The van der Waals surface area contributed by atoms with Gasteiger partial charge < -0.3 is 69.1 Å². The first-order valence-corrected chi connectivity index (χ1v) is 21.3. The van der Waals surface area contributed by atoms with Crippen LogP contribution in [0.2, 0.25) is 0 Å². The second-order valence-electron chi connectivity index (χ2n) is 16.0. The summed E-state index contributed by atoms with van der Waals surface area (Å²) in [7, 11) is 5.55. The molecule has 0 saturated heterocycles. The lowest BCUT2D eigenvalue weighted by Crippen LogP contribution is -2.50. The van der Waals surface area contributed by atoms with Crippen LogP contribution in [0, 0.1) is 0 Å². The number of methoxy groups -OCH3 is 4. The summed E-state index contributed by atoms with van der Waals surface area (Å²) in [6.45, 7) is 8.61. The first-order chi connectivity index (χ1) is 32.3. The van der Waals surface area contributed by atoms with Crippen LogP contribution in [0.5, 0.6) is 0 Å². The summed E-state index contributed by atoms with van der Waals surface area (Å²) in [6, 6.07) is 13.9. The van der Waals surface area contributed by atoms with E-state index < -0.39 is 41.5 Å². The van der Waals surface area contributed by atoms with Crippen LogP contribution in [0.3, 0.4) is 0 Å². The molecule has 23 nitrogen and oxygen atoms in total. The molecule has 2 amide bonds. The minimum Gasteiger partial charge on any atom is -0.478 e. The summed E-state index contributed by atoms with van der Waals surface area (Å²) >= 11 is 0. The van der Waals surface area contributed by atoms with Crippen molar-refractivity contribution < 1.29 is 73.5 Å². The van der Waals surface area contributed by atoms with Crippen molar-refractivity contribution in [3.8, 4) is 0 Å². The Morgan fingerprint density at radius 1 is 0.739 bits per heavy atom. The van der Waals surface area contributed by atoms with E-state index in [2.05, 4.69) is 31.3 Å². The van der Waals surface area contributed by atoms with Gasteiger partial charge in [-0.2, -0.15) is 0 Å². The number of hydrogen-bond donors (Lipinski definition) is 6. The van der Waals surface area contributed by atoms with Crippen LogP contribution in [-0.2, 0) is 49.3 Å². The highest BCUT2D eigenvalue weighted by molar-refractivity contribution is 5.98. The van der Waals surface area contributed by atoms with Gasteiger partial charge in [0.25, 0.3) is 5.91 Å². The summed E-state index contributed by atoms with van der Waals surface area (Å²) in [5, 5.41) is 32.8. The number of rotatable bonds is 15. The Morgan fingerprint density at radius 2 is 1.25 bits per heavy atom. The van der Waals surface area contributed by atoms with Gasteiger partial charge in [-0.3, -0.25) is 4.79 Å². The number of esters is 1. The van der Waals surface area contributed by atoms with Crippen molar-refractivity contribution in [3.05, 3.63) is 88.8 Å². The Hall–Kier alpha value is -7.18. The number of hydrogen-bond acceptors (Lipinski definition) is 14. The molecular formula is C45H57ClN9O14+. The first kappa shape index (κ1) is 54.4. The summed E-state index contributed by atoms with van der Waals surface area (Å²) in [5.41, 5.74) is 7.33. The number of aromatic nitrogens is 6. The van der Waals surface area contributed by atoms with Crippen LogP contribution in [-0.4, -0.2) is 134 Å². The number of alkyl carbamates (subject to hydrolysis) is 1. The standard InChI is InChI=1S/C20H29N3O7.C13H15N3O4.C12H11N3O3.ClH/c1-19(2,3)30-18(26)21-10-7-11-23-15-12-13(16(24)25)8-9-14(15)22-17(23)20(27-4,28-5)29-6;1-20-13(19)11-15-9-4-3-8(12(17)18)7-10(9)16(11)6-2-5-14;16-11-10-14-8-3-2-7(12(17)18)6-9(8)15(10)5-1-4-13-11;/h8-9,12H,7,10-11H2,1-6H3,(H,21,26)(H,24,25);3-4,7H,2,5-6,14H2,1H3,(H,17,18);2-3,6H,1,4-5H2,(H,13,16)(H,17,18);1H/p+1. The Labute approximate surface area is 401 Å². The van der Waals surface area contributed by atoms with E-state index in [0.29, 0.717) is 90.4 Å². The fourth-order valence-electron chi connectivity index (χ4n) is 7.15. The highest BCUT2D eigenvalue weighted by Gasteiger charge is 2.39. The van der Waals surface area contributed by atoms with E-state index in [1.807, 2.05) is 0 Å². The van der Waals surface area contributed by atoms with Gasteiger partial charge in [0.1, 0.15) is 5.60 Å². The van der Waals surface area contributed by atoms with Crippen LogP contribution < -0.4 is 16.4 Å². The summed E-state index contributed by atoms with van der Waals surface area (Å²) in [5.74, 6) is -4.51. The number of carbonyl (C=O) groups is 6. The largest absolute Gasteiger partial charge is 0.478 e. The number of aromatic carboxylic acids is 3. The number of aryl methyl sites for hydroxylation is 3. The predicted molar refractivity (Wildman–Crippen MR) is 250 cm³/mol. The fourth-order valence-corrected chi connectivity index (χ4v) is 7.15. The third kappa shape index (κ3) is 12.9. The van der Waals surface area contributed by atoms with Crippen LogP contribution >= 0.6 is 12.4 Å². The SMILES string of the molecule is COC(=O)c1nc2ccc(C(=O)O)cc2n1CCC[NH3+].COC(OC)(OC)c1nc2ccc(C(=O)O)cc2n1CCCNC(=O)OC(C)(C)C.Cl.O=C(O)c1ccc2nc3n(c2c1)CCCNC3=O. The molecule has 4 heterocycles. The molecule has 0 aliphatic carbocycles. The number of ether oxygens (including phenoxy) is 5. The van der Waals surface area contributed by atoms with Crippen molar-refractivity contribution in [2.24, 2.45) is 0 Å². The second-order valence-corrected chi connectivity index (χ2v) is 16.0. The van der Waals surface area contributed by atoms with Gasteiger partial charge in [-0.1, -0.05) is 0 Å². The molecular weight excluding hydrogens is 926 g/mol. The third-order valence-electron chi connectivity index (χ3n) is 10.3. The molecule has 0 saturated carbocycles. The average Bonchev–Trinajstić information content (AvgIpc) is 3.95. The highest BCUT2D eigenvalue weighted by Crippen LogP contribution is 2.31. The number of carbonyl (C=O) groups excluding carboxylic acids is 3. The molecule has 0 unspecified atom stereocenters. The quantitative estimate of drug-likeness (QED) is 0.0478. The fraction of sp³-hybridized carbons (Fsp3) is 0.400. The Balaban J connectivity index is 0.000000233. The zero-order valence-electron chi connectivity index (χ0n) is 39.2. The van der Waals surface area contributed by atoms with Gasteiger partial charge in [0.05, 0.1) is 63.4 Å². The minimum atomic E-state index is -1.57. The smallest absolute Gasteiger partial charge is 0.407 e. The molecule has 1 aliphatic heterocycles. The summed E-state index contributed by atoms with van der Waals surface area (Å²) in [6.07, 6.45) is 1.57. The molecule has 1 aliphatic rings. The van der Waals surface area contributed by atoms with Gasteiger partial charge in [-0.15, -0.1) is 12.4 Å². The van der Waals surface area contributed by atoms with Crippen molar-refractivity contribution >= 4 is 81.4 Å². The van der Waals surface area contributed by atoms with E-state index in [1.54, 1.807) is 58.7 Å². The molecule has 3 aromatic heterocycles. The molecule has 372 valence electrons. The number of fused-ring (bicyclic) bond motifs is 5. The van der Waals surface area contributed by atoms with E-state index in [9.17, 15) is 33.9 Å². The number of nitrogens with zero attached hydrogens (tertiary/aromatic N) is 6. The molecule has 8 N–H and O–H groups in total. The van der Waals surface area contributed by atoms with Gasteiger partial charge in [-0.25, -0.2) is 38.9 Å². The van der Waals surface area contributed by atoms with E-state index in [4.69, 9.17) is 33.9 Å². The van der Waals surface area contributed by atoms with Crippen molar-refractivity contribution in [2.45, 2.75) is 71.2 Å². The number of nitrogens with one attached hydrogen (secondary N) is 2. The minimum absolute atomic E-state index is 0. The van der Waals surface area contributed by atoms with E-state index in [1.165, 1.54) is 58.8 Å². The van der Waals surface area contributed by atoms with Gasteiger partial charge >= 0.3 is 35.9 Å². The van der Waals surface area contributed by atoms with Crippen molar-refractivity contribution in [1.82, 2.24) is 39.3 Å². The third-order valence-corrected chi connectivity index (χ3v) is 10.3. The molecule has 0 spiro atoms. The van der Waals surface area contributed by atoms with Gasteiger partial charge in [-0.05, 0) is 88.2 Å². The summed E-state index contributed by atoms with van der Waals surface area (Å²) in [4.78, 5) is 81.8. The molecule has 0 fully saturated rings. The lowest BCUT2D eigenvalue weighted by molar-refractivity contribution is -0.369. The summed E-state index contributed by atoms with van der Waals surface area (Å²) < 4.78 is 31.5. The molecule has 0 atom stereocenters. The maximum Gasteiger partial charge on any atom is 0.407 e. The lowest BCUT2D eigenvalue weighted by atomic mass is 10.2. The van der Waals surface area contributed by atoms with E-state index in [0.717, 1.165) is 12.8 Å². The van der Waals surface area contributed by atoms with Crippen molar-refractivity contribution in [3.63, 3.8) is 0 Å². The molecule has 0 bridgehead atoms. The van der Waals surface area contributed by atoms with E-state index >= 15 is 0 Å². The van der Waals surface area contributed by atoms with Crippen LogP contribution in [0.15, 0.2) is 54.6 Å². The average molecular weight is 983 g/mol. The van der Waals surface area contributed by atoms with E-state index in [-0.39, 0.29) is 40.8 Å². The Kier molecular flexibility index (Phi) is 18.7. The molecule has 69 heavy (non-hydrogen) atoms. The predicted octanol–water partition coefficient (Wildman–Crippen LogP) is 4.14. The number of imidazole rings is 3.